The normalized spacial score (nSPS) is 10.8. The molecule has 1 aromatic carbocycles. The van der Waals surface area contributed by atoms with Crippen molar-refractivity contribution in [2.75, 3.05) is 12.9 Å². The van der Waals surface area contributed by atoms with Crippen LogP contribution in [0.25, 0.3) is 0 Å². The number of hydrogen-bond donors (Lipinski definition) is 1. The summed E-state index contributed by atoms with van der Waals surface area (Å²) in [5, 5.41) is 21.7. The molecule has 0 bridgehead atoms. The molecule has 0 heterocycles. The molecule has 23 heavy (non-hydrogen) atoms. The van der Waals surface area contributed by atoms with Crippen LogP contribution in [0.3, 0.4) is 0 Å². The summed E-state index contributed by atoms with van der Waals surface area (Å²) in [5.74, 6) is -3.99. The van der Waals surface area contributed by atoms with E-state index in [1.54, 1.807) is 0 Å². The van der Waals surface area contributed by atoms with Crippen molar-refractivity contribution in [2.24, 2.45) is 5.73 Å². The molecule has 0 unspecified atom stereocenters. The third-order valence-corrected chi connectivity index (χ3v) is 4.20. The van der Waals surface area contributed by atoms with E-state index >= 15 is 0 Å². The molecule has 0 aliphatic rings. The van der Waals surface area contributed by atoms with Crippen LogP contribution in [0.15, 0.2) is 17.0 Å². The molecule has 1 amide bonds. The second kappa shape index (κ2) is 6.35. The maximum Gasteiger partial charge on any atom is 0.321 e. The lowest BCUT2D eigenvalue weighted by Crippen LogP contribution is -2.23. The number of nitrogens with two attached hydrogens (primary N) is 1. The lowest BCUT2D eigenvalue weighted by Gasteiger charge is -2.08. The largest absolute Gasteiger partial charge is 0.468 e. The first kappa shape index (κ1) is 18.0. The Kier molecular flexibility index (Phi) is 4.96. The van der Waals surface area contributed by atoms with Crippen LogP contribution in [0.2, 0.25) is 0 Å². The topological polar surface area (TPSA) is 190 Å². The van der Waals surface area contributed by atoms with Gasteiger partial charge in [0.15, 0.2) is 15.6 Å². The first-order valence-corrected chi connectivity index (χ1v) is 7.22. The first-order valence-electron chi connectivity index (χ1n) is 5.57. The standard InChI is InChI=1S/C10H9N3O9S/c1-22-8(14)4-23(20,21)7-3-5(12(16)17)2-6(13(18)19)9(7)10(11)15/h2-3H,4H2,1H3,(H2,11,15). The van der Waals surface area contributed by atoms with Crippen LogP contribution >= 0.6 is 0 Å². The van der Waals surface area contributed by atoms with E-state index < -0.39 is 59.1 Å². The number of nitro groups is 2. The zero-order chi connectivity index (χ0) is 17.9. The van der Waals surface area contributed by atoms with E-state index in [0.717, 1.165) is 7.11 Å². The van der Waals surface area contributed by atoms with Crippen LogP contribution < -0.4 is 5.73 Å². The maximum absolute atomic E-state index is 12.1. The SMILES string of the molecule is COC(=O)CS(=O)(=O)c1cc([N+](=O)[O-])cc([N+](=O)[O-])c1C(N)=O. The van der Waals surface area contributed by atoms with E-state index in [0.29, 0.717) is 12.1 Å². The predicted molar refractivity (Wildman–Crippen MR) is 72.3 cm³/mol. The van der Waals surface area contributed by atoms with Gasteiger partial charge in [0.2, 0.25) is 0 Å². The second-order valence-electron chi connectivity index (χ2n) is 4.05. The Bertz CT molecular complexity index is 815. The van der Waals surface area contributed by atoms with Crippen molar-refractivity contribution < 1.29 is 32.6 Å². The summed E-state index contributed by atoms with van der Waals surface area (Å²) in [6, 6.07) is 0.822. The number of rotatable bonds is 6. The summed E-state index contributed by atoms with van der Waals surface area (Å²) < 4.78 is 28.4. The summed E-state index contributed by atoms with van der Waals surface area (Å²) >= 11 is 0. The number of nitro benzene ring substituents is 2. The van der Waals surface area contributed by atoms with E-state index in [1.807, 2.05) is 0 Å². The van der Waals surface area contributed by atoms with Crippen molar-refractivity contribution >= 4 is 33.1 Å². The number of sulfone groups is 1. The number of ether oxygens (including phenoxy) is 1. The Balaban J connectivity index is 3.81. The Morgan fingerprint density at radius 3 is 2.17 bits per heavy atom. The number of methoxy groups -OCH3 is 1. The smallest absolute Gasteiger partial charge is 0.321 e. The van der Waals surface area contributed by atoms with Crippen LogP contribution in [0, 0.1) is 20.2 Å². The van der Waals surface area contributed by atoms with Crippen molar-refractivity contribution in [3.05, 3.63) is 37.9 Å². The molecule has 1 aromatic rings. The quantitative estimate of drug-likeness (QED) is 0.403. The third-order valence-electron chi connectivity index (χ3n) is 2.59. The number of benzene rings is 1. The summed E-state index contributed by atoms with van der Waals surface area (Å²) in [6.45, 7) is 0. The van der Waals surface area contributed by atoms with E-state index in [-0.39, 0.29) is 0 Å². The lowest BCUT2D eigenvalue weighted by molar-refractivity contribution is -0.394. The summed E-state index contributed by atoms with van der Waals surface area (Å²) in [7, 11) is -3.75. The molecule has 1 rings (SSSR count). The van der Waals surface area contributed by atoms with Crippen LogP contribution in [0.1, 0.15) is 10.4 Å². The molecule has 0 atom stereocenters. The highest BCUT2D eigenvalue weighted by Gasteiger charge is 2.34. The van der Waals surface area contributed by atoms with Gasteiger partial charge in [-0.3, -0.25) is 29.8 Å². The van der Waals surface area contributed by atoms with Gasteiger partial charge in [0.25, 0.3) is 17.3 Å². The monoisotopic (exact) mass is 347 g/mol. The van der Waals surface area contributed by atoms with Gasteiger partial charge in [-0.25, -0.2) is 8.42 Å². The van der Waals surface area contributed by atoms with Gasteiger partial charge in [-0.2, -0.15) is 0 Å². The molecule has 0 aliphatic heterocycles. The zero-order valence-corrected chi connectivity index (χ0v) is 12.2. The lowest BCUT2D eigenvalue weighted by atomic mass is 10.1. The van der Waals surface area contributed by atoms with E-state index in [9.17, 15) is 38.2 Å². The van der Waals surface area contributed by atoms with Gasteiger partial charge in [0.05, 0.1) is 27.9 Å². The third kappa shape index (κ3) is 3.76. The number of carbonyl (C=O) groups is 2. The number of carbonyl (C=O) groups excluding carboxylic acids is 2. The van der Waals surface area contributed by atoms with Crippen molar-refractivity contribution in [2.45, 2.75) is 4.90 Å². The number of non-ortho nitro benzene ring substituents is 1. The average Bonchev–Trinajstić information content (AvgIpc) is 2.44. The molecule has 124 valence electrons. The van der Waals surface area contributed by atoms with Crippen molar-refractivity contribution in [1.29, 1.82) is 0 Å². The fourth-order valence-electron chi connectivity index (χ4n) is 1.62. The molecule has 0 aromatic heterocycles. The number of esters is 1. The van der Waals surface area contributed by atoms with Crippen LogP contribution in [0.4, 0.5) is 11.4 Å². The Morgan fingerprint density at radius 1 is 1.22 bits per heavy atom. The second-order valence-corrected chi connectivity index (χ2v) is 6.01. The highest BCUT2D eigenvalue weighted by molar-refractivity contribution is 7.92. The minimum Gasteiger partial charge on any atom is -0.468 e. The van der Waals surface area contributed by atoms with Crippen molar-refractivity contribution in [3.63, 3.8) is 0 Å². The molecular weight excluding hydrogens is 338 g/mol. The van der Waals surface area contributed by atoms with E-state index in [1.165, 1.54) is 0 Å². The molecule has 0 radical (unpaired) electrons. The highest BCUT2D eigenvalue weighted by Crippen LogP contribution is 2.32. The Labute approximate surface area is 128 Å². The van der Waals surface area contributed by atoms with Gasteiger partial charge >= 0.3 is 5.97 Å². The fraction of sp³-hybridized carbons (Fsp3) is 0.200. The van der Waals surface area contributed by atoms with Gasteiger partial charge in [0, 0.05) is 6.07 Å². The maximum atomic E-state index is 12.1. The van der Waals surface area contributed by atoms with Gasteiger partial charge in [-0.1, -0.05) is 0 Å². The highest BCUT2D eigenvalue weighted by atomic mass is 32.2. The Hall–Kier alpha value is -3.09. The Morgan fingerprint density at radius 2 is 1.78 bits per heavy atom. The van der Waals surface area contributed by atoms with Crippen LogP contribution in [-0.4, -0.2) is 43.0 Å². The first-order chi connectivity index (χ1) is 10.5. The van der Waals surface area contributed by atoms with E-state index in [4.69, 9.17) is 5.73 Å². The molecule has 0 saturated carbocycles. The average molecular weight is 347 g/mol. The molecule has 0 saturated heterocycles. The fourth-order valence-corrected chi connectivity index (χ4v) is 3.02. The molecule has 13 heteroatoms. The number of primary amides is 1. The molecule has 0 aliphatic carbocycles. The van der Waals surface area contributed by atoms with Gasteiger partial charge in [0.1, 0.15) is 5.56 Å². The molecule has 12 nitrogen and oxygen atoms in total. The molecule has 0 spiro atoms. The summed E-state index contributed by atoms with van der Waals surface area (Å²) in [5.41, 5.74) is 1.78. The summed E-state index contributed by atoms with van der Waals surface area (Å²) in [4.78, 5) is 40.9. The zero-order valence-electron chi connectivity index (χ0n) is 11.4. The van der Waals surface area contributed by atoms with Crippen molar-refractivity contribution in [3.8, 4) is 0 Å². The van der Waals surface area contributed by atoms with Crippen LogP contribution in [0.5, 0.6) is 0 Å². The summed E-state index contributed by atoms with van der Waals surface area (Å²) in [6.07, 6.45) is 0. The minimum atomic E-state index is -4.64. The number of amides is 1. The van der Waals surface area contributed by atoms with E-state index in [2.05, 4.69) is 4.74 Å². The predicted octanol–water partition coefficient (Wildman–Crippen LogP) is -0.451. The molecular formula is C10H9N3O9S. The van der Waals surface area contributed by atoms with Crippen molar-refractivity contribution in [1.82, 2.24) is 0 Å². The molecule has 0 fully saturated rings. The number of hydrogen-bond acceptors (Lipinski definition) is 9. The minimum absolute atomic E-state index is 0.400. The van der Waals surface area contributed by atoms with Gasteiger partial charge in [-0.15, -0.1) is 0 Å². The molecule has 2 N–H and O–H groups in total. The number of nitrogens with zero attached hydrogens (tertiary/aromatic N) is 2. The van der Waals surface area contributed by atoms with Crippen LogP contribution in [-0.2, 0) is 19.4 Å². The van der Waals surface area contributed by atoms with Gasteiger partial charge in [-0.05, 0) is 0 Å². The van der Waals surface area contributed by atoms with Gasteiger partial charge < -0.3 is 10.5 Å².